The maximum Gasteiger partial charge on any atom is 0.122 e. The fourth-order valence-electron chi connectivity index (χ4n) is 3.42. The van der Waals surface area contributed by atoms with Gasteiger partial charge in [0.15, 0.2) is 0 Å². The van der Waals surface area contributed by atoms with E-state index < -0.39 is 0 Å². The van der Waals surface area contributed by atoms with Gasteiger partial charge in [-0.2, -0.15) is 0 Å². The van der Waals surface area contributed by atoms with Gasteiger partial charge in [-0.05, 0) is 43.0 Å². The van der Waals surface area contributed by atoms with Crippen LogP contribution >= 0.6 is 0 Å². The summed E-state index contributed by atoms with van der Waals surface area (Å²) in [6.45, 7) is 6.43. The summed E-state index contributed by atoms with van der Waals surface area (Å²) in [5.41, 5.74) is 5.64. The van der Waals surface area contributed by atoms with Crippen LogP contribution in [0.4, 0.5) is 0 Å². The maximum absolute atomic E-state index is 5.56. The molecule has 3 rings (SSSR count). The molecule has 0 amide bonds. The van der Waals surface area contributed by atoms with Gasteiger partial charge >= 0.3 is 0 Å². The first-order valence-corrected chi connectivity index (χ1v) is 7.55. The molecule has 2 nitrogen and oxygen atoms in total. The number of methoxy groups -OCH3 is 1. The number of ether oxygens (including phenoxy) is 1. The summed E-state index contributed by atoms with van der Waals surface area (Å²) in [5, 5.41) is 3.46. The molecule has 1 aliphatic heterocycles. The Balaban J connectivity index is 1.99. The minimum Gasteiger partial charge on any atom is -0.496 e. The van der Waals surface area contributed by atoms with Gasteiger partial charge in [0.05, 0.1) is 7.11 Å². The Morgan fingerprint density at radius 3 is 2.48 bits per heavy atom. The van der Waals surface area contributed by atoms with Gasteiger partial charge in [-0.3, -0.25) is 0 Å². The monoisotopic (exact) mass is 281 g/mol. The van der Waals surface area contributed by atoms with E-state index >= 15 is 0 Å². The van der Waals surface area contributed by atoms with Crippen LogP contribution in [-0.4, -0.2) is 20.2 Å². The normalized spacial score (nSPS) is 16.3. The van der Waals surface area contributed by atoms with Gasteiger partial charge in [-0.1, -0.05) is 42.0 Å². The largest absolute Gasteiger partial charge is 0.496 e. The number of nitrogens with one attached hydrogen (secondary N) is 1. The summed E-state index contributed by atoms with van der Waals surface area (Å²) in [6, 6.07) is 15.2. The van der Waals surface area contributed by atoms with Gasteiger partial charge in [-0.25, -0.2) is 0 Å². The lowest BCUT2D eigenvalue weighted by Crippen LogP contribution is -2.58. The summed E-state index contributed by atoms with van der Waals surface area (Å²) >= 11 is 0. The van der Waals surface area contributed by atoms with Crippen LogP contribution in [0, 0.1) is 13.8 Å². The average molecular weight is 281 g/mol. The first-order valence-electron chi connectivity index (χ1n) is 7.55. The summed E-state index contributed by atoms with van der Waals surface area (Å²) in [5.74, 6) is 1.00. The Morgan fingerprint density at radius 2 is 1.86 bits per heavy atom. The predicted octanol–water partition coefficient (Wildman–Crippen LogP) is 3.40. The van der Waals surface area contributed by atoms with Crippen LogP contribution in [0.5, 0.6) is 5.75 Å². The van der Waals surface area contributed by atoms with Crippen LogP contribution in [0.2, 0.25) is 0 Å². The van der Waals surface area contributed by atoms with E-state index in [0.717, 1.165) is 25.3 Å². The molecule has 0 atom stereocenters. The molecule has 0 aliphatic carbocycles. The van der Waals surface area contributed by atoms with Gasteiger partial charge in [0.1, 0.15) is 5.75 Å². The summed E-state index contributed by atoms with van der Waals surface area (Å²) in [4.78, 5) is 0. The molecule has 1 heterocycles. The molecular weight excluding hydrogens is 258 g/mol. The summed E-state index contributed by atoms with van der Waals surface area (Å²) in [6.07, 6.45) is 1.02. The Morgan fingerprint density at radius 1 is 1.10 bits per heavy atom. The Hall–Kier alpha value is -1.80. The van der Waals surface area contributed by atoms with Crippen molar-refractivity contribution in [3.05, 3.63) is 64.7 Å². The Kier molecular flexibility index (Phi) is 3.73. The molecule has 0 bridgehead atoms. The van der Waals surface area contributed by atoms with E-state index in [1.807, 2.05) is 0 Å². The molecule has 0 unspecified atom stereocenters. The Bertz CT molecular complexity index is 644. The second kappa shape index (κ2) is 5.53. The highest BCUT2D eigenvalue weighted by Gasteiger charge is 2.40. The molecule has 0 spiro atoms. The van der Waals surface area contributed by atoms with E-state index in [0.29, 0.717) is 0 Å². The van der Waals surface area contributed by atoms with Crippen molar-refractivity contribution in [1.29, 1.82) is 0 Å². The highest BCUT2D eigenvalue weighted by Crippen LogP contribution is 2.37. The lowest BCUT2D eigenvalue weighted by molar-refractivity contribution is 0.270. The number of benzene rings is 2. The van der Waals surface area contributed by atoms with E-state index in [1.165, 1.54) is 22.3 Å². The fourth-order valence-corrected chi connectivity index (χ4v) is 3.42. The first kappa shape index (κ1) is 14.2. The van der Waals surface area contributed by atoms with E-state index in [2.05, 4.69) is 61.6 Å². The van der Waals surface area contributed by atoms with Crippen molar-refractivity contribution in [2.24, 2.45) is 0 Å². The van der Waals surface area contributed by atoms with Crippen LogP contribution in [0.25, 0.3) is 0 Å². The van der Waals surface area contributed by atoms with Crippen molar-refractivity contribution in [1.82, 2.24) is 5.32 Å². The topological polar surface area (TPSA) is 21.3 Å². The van der Waals surface area contributed by atoms with Crippen LogP contribution in [0.15, 0.2) is 42.5 Å². The molecule has 1 N–H and O–H groups in total. The van der Waals surface area contributed by atoms with Gasteiger partial charge in [0, 0.05) is 18.5 Å². The quantitative estimate of drug-likeness (QED) is 0.927. The van der Waals surface area contributed by atoms with Crippen molar-refractivity contribution < 1.29 is 4.74 Å². The first-order chi connectivity index (χ1) is 10.1. The lowest BCUT2D eigenvalue weighted by atomic mass is 9.69. The standard InChI is InChI=1S/C19H23NO/c1-14-8-9-18(21-3)16(10-14)11-19(12-20-13-19)17-7-5-4-6-15(17)2/h4-10,20H,11-13H2,1-3H3. The molecule has 0 aromatic heterocycles. The van der Waals surface area contributed by atoms with Crippen molar-refractivity contribution in [2.45, 2.75) is 25.7 Å². The smallest absolute Gasteiger partial charge is 0.122 e. The van der Waals surface area contributed by atoms with Gasteiger partial charge in [0.2, 0.25) is 0 Å². The third-order valence-corrected chi connectivity index (χ3v) is 4.61. The molecule has 1 saturated heterocycles. The number of aryl methyl sites for hydroxylation is 2. The Labute approximate surface area is 127 Å². The molecule has 1 aliphatic rings. The van der Waals surface area contributed by atoms with Crippen molar-refractivity contribution in [3.8, 4) is 5.75 Å². The second-order valence-corrected chi connectivity index (χ2v) is 6.19. The molecule has 2 heteroatoms. The molecule has 110 valence electrons. The highest BCUT2D eigenvalue weighted by molar-refractivity contribution is 5.43. The van der Waals surface area contributed by atoms with Crippen molar-refractivity contribution in [3.63, 3.8) is 0 Å². The van der Waals surface area contributed by atoms with Crippen LogP contribution in [0.1, 0.15) is 22.3 Å². The average Bonchev–Trinajstić information content (AvgIpc) is 2.44. The summed E-state index contributed by atoms with van der Waals surface area (Å²) in [7, 11) is 1.76. The molecular formula is C19H23NO. The third-order valence-electron chi connectivity index (χ3n) is 4.61. The zero-order chi connectivity index (χ0) is 14.9. The molecule has 1 fully saturated rings. The molecule has 0 radical (unpaired) electrons. The predicted molar refractivity (Wildman–Crippen MR) is 87.2 cm³/mol. The van der Waals surface area contributed by atoms with Crippen LogP contribution in [-0.2, 0) is 11.8 Å². The lowest BCUT2D eigenvalue weighted by Gasteiger charge is -2.44. The molecule has 0 saturated carbocycles. The third kappa shape index (κ3) is 2.56. The van der Waals surface area contributed by atoms with E-state index in [1.54, 1.807) is 7.11 Å². The molecule has 2 aromatic rings. The van der Waals surface area contributed by atoms with Gasteiger partial charge < -0.3 is 10.1 Å². The van der Waals surface area contributed by atoms with Crippen LogP contribution in [0.3, 0.4) is 0 Å². The van der Waals surface area contributed by atoms with Gasteiger partial charge in [-0.15, -0.1) is 0 Å². The van der Waals surface area contributed by atoms with Gasteiger partial charge in [0.25, 0.3) is 0 Å². The van der Waals surface area contributed by atoms with E-state index in [-0.39, 0.29) is 5.41 Å². The SMILES string of the molecule is COc1ccc(C)cc1CC1(c2ccccc2C)CNC1. The van der Waals surface area contributed by atoms with Crippen molar-refractivity contribution >= 4 is 0 Å². The number of rotatable bonds is 4. The zero-order valence-corrected chi connectivity index (χ0v) is 13.1. The molecule has 2 aromatic carbocycles. The van der Waals surface area contributed by atoms with E-state index in [9.17, 15) is 0 Å². The second-order valence-electron chi connectivity index (χ2n) is 6.19. The minimum atomic E-state index is 0.201. The zero-order valence-electron chi connectivity index (χ0n) is 13.1. The van der Waals surface area contributed by atoms with Crippen LogP contribution < -0.4 is 10.1 Å². The minimum absolute atomic E-state index is 0.201. The van der Waals surface area contributed by atoms with E-state index in [4.69, 9.17) is 4.74 Å². The van der Waals surface area contributed by atoms with Crippen molar-refractivity contribution in [2.75, 3.05) is 20.2 Å². The highest BCUT2D eigenvalue weighted by atomic mass is 16.5. The summed E-state index contributed by atoms with van der Waals surface area (Å²) < 4.78 is 5.56. The maximum atomic E-state index is 5.56. The fraction of sp³-hybridized carbons (Fsp3) is 0.368. The molecule has 21 heavy (non-hydrogen) atoms. The number of hydrogen-bond acceptors (Lipinski definition) is 2. The number of hydrogen-bond donors (Lipinski definition) is 1.